The summed E-state index contributed by atoms with van der Waals surface area (Å²) in [5.41, 5.74) is 1.71. The number of hydrogen-bond donors (Lipinski definition) is 1. The fraction of sp³-hybridized carbons (Fsp3) is 0.238. The SMILES string of the molecule is C=CC(=O)Nc1ccc(CCC(=O)N2CC(Oc3cccc(F)c3)C2)cc1. The molecule has 1 heterocycles. The molecule has 1 N–H and O–H groups in total. The Morgan fingerprint density at radius 2 is 1.96 bits per heavy atom. The molecular formula is C21H21FN2O3. The maximum Gasteiger partial charge on any atom is 0.247 e. The molecule has 1 aliphatic rings. The molecule has 5 nitrogen and oxygen atoms in total. The molecule has 0 aromatic heterocycles. The van der Waals surface area contributed by atoms with E-state index in [-0.39, 0.29) is 23.7 Å². The van der Waals surface area contributed by atoms with Crippen LogP contribution in [0.15, 0.2) is 61.2 Å². The van der Waals surface area contributed by atoms with Crippen molar-refractivity contribution < 1.29 is 18.7 Å². The highest BCUT2D eigenvalue weighted by Crippen LogP contribution is 2.20. The van der Waals surface area contributed by atoms with Gasteiger partial charge in [-0.3, -0.25) is 9.59 Å². The van der Waals surface area contributed by atoms with Crippen molar-refractivity contribution in [1.82, 2.24) is 4.90 Å². The smallest absolute Gasteiger partial charge is 0.247 e. The molecule has 0 bridgehead atoms. The van der Waals surface area contributed by atoms with Crippen LogP contribution in [0.2, 0.25) is 0 Å². The van der Waals surface area contributed by atoms with E-state index < -0.39 is 0 Å². The van der Waals surface area contributed by atoms with Crippen LogP contribution >= 0.6 is 0 Å². The molecule has 0 spiro atoms. The molecule has 1 saturated heterocycles. The zero-order valence-corrected chi connectivity index (χ0v) is 14.9. The van der Waals surface area contributed by atoms with Crippen molar-refractivity contribution in [3.05, 3.63) is 72.6 Å². The van der Waals surface area contributed by atoms with Crippen LogP contribution in [0.5, 0.6) is 5.75 Å². The highest BCUT2D eigenvalue weighted by Gasteiger charge is 2.31. The molecule has 2 amide bonds. The molecule has 0 aliphatic carbocycles. The molecule has 0 radical (unpaired) electrons. The molecule has 27 heavy (non-hydrogen) atoms. The molecule has 6 heteroatoms. The van der Waals surface area contributed by atoms with E-state index in [0.29, 0.717) is 37.4 Å². The second-order valence-corrected chi connectivity index (χ2v) is 6.39. The predicted molar refractivity (Wildman–Crippen MR) is 101 cm³/mol. The van der Waals surface area contributed by atoms with Crippen LogP contribution in [-0.2, 0) is 16.0 Å². The standard InChI is InChI=1S/C21H21FN2O3/c1-2-20(25)23-17-9-6-15(7-10-17)8-11-21(26)24-13-19(14-24)27-18-5-3-4-16(22)12-18/h2-7,9-10,12,19H,1,8,11,13-14H2,(H,23,25). The molecule has 0 unspecified atom stereocenters. The third-order valence-corrected chi connectivity index (χ3v) is 4.33. The van der Waals surface area contributed by atoms with Gasteiger partial charge >= 0.3 is 0 Å². The molecule has 1 fully saturated rings. The van der Waals surface area contributed by atoms with Crippen LogP contribution in [0.1, 0.15) is 12.0 Å². The first kappa shape index (κ1) is 18.6. The zero-order chi connectivity index (χ0) is 19.2. The third kappa shape index (κ3) is 5.17. The van der Waals surface area contributed by atoms with Crippen molar-refractivity contribution >= 4 is 17.5 Å². The summed E-state index contributed by atoms with van der Waals surface area (Å²) >= 11 is 0. The van der Waals surface area contributed by atoms with E-state index in [1.54, 1.807) is 29.2 Å². The molecule has 0 atom stereocenters. The molecule has 3 rings (SSSR count). The summed E-state index contributed by atoms with van der Waals surface area (Å²) in [6, 6.07) is 13.4. The summed E-state index contributed by atoms with van der Waals surface area (Å²) in [5.74, 6) is -0.0468. The Hall–Kier alpha value is -3.15. The number of amides is 2. The van der Waals surface area contributed by atoms with Crippen LogP contribution in [0.25, 0.3) is 0 Å². The highest BCUT2D eigenvalue weighted by atomic mass is 19.1. The van der Waals surface area contributed by atoms with Crippen molar-refractivity contribution in [2.45, 2.75) is 18.9 Å². The number of carbonyl (C=O) groups excluding carboxylic acids is 2. The van der Waals surface area contributed by atoms with E-state index in [4.69, 9.17) is 4.74 Å². The second kappa shape index (κ2) is 8.49. The highest BCUT2D eigenvalue weighted by molar-refractivity contribution is 5.98. The van der Waals surface area contributed by atoms with Crippen LogP contribution < -0.4 is 10.1 Å². The zero-order valence-electron chi connectivity index (χ0n) is 14.9. The van der Waals surface area contributed by atoms with Crippen LogP contribution in [-0.4, -0.2) is 35.9 Å². The van der Waals surface area contributed by atoms with E-state index in [9.17, 15) is 14.0 Å². The third-order valence-electron chi connectivity index (χ3n) is 4.33. The van der Waals surface area contributed by atoms with Gasteiger partial charge in [0.25, 0.3) is 0 Å². The van der Waals surface area contributed by atoms with Crippen LogP contribution in [0.4, 0.5) is 10.1 Å². The Morgan fingerprint density at radius 1 is 1.22 bits per heavy atom. The van der Waals surface area contributed by atoms with E-state index in [1.165, 1.54) is 18.2 Å². The first-order chi connectivity index (χ1) is 13.0. The quantitative estimate of drug-likeness (QED) is 0.764. The number of anilines is 1. The molecular weight excluding hydrogens is 347 g/mol. The number of benzene rings is 2. The first-order valence-corrected chi connectivity index (χ1v) is 8.76. The Kier molecular flexibility index (Phi) is 5.86. The minimum absolute atomic E-state index is 0.0677. The number of hydrogen-bond acceptors (Lipinski definition) is 3. The summed E-state index contributed by atoms with van der Waals surface area (Å²) < 4.78 is 18.8. The molecule has 1 aliphatic heterocycles. The van der Waals surface area contributed by atoms with Gasteiger partial charge in [0.15, 0.2) is 0 Å². The van der Waals surface area contributed by atoms with Crippen molar-refractivity contribution in [2.75, 3.05) is 18.4 Å². The van der Waals surface area contributed by atoms with Crippen molar-refractivity contribution in [3.63, 3.8) is 0 Å². The van der Waals surface area contributed by atoms with Gasteiger partial charge in [-0.05, 0) is 42.3 Å². The number of ether oxygens (including phenoxy) is 1. The Bertz CT molecular complexity index is 830. The normalized spacial score (nSPS) is 13.6. The minimum Gasteiger partial charge on any atom is -0.487 e. The van der Waals surface area contributed by atoms with E-state index in [2.05, 4.69) is 11.9 Å². The fourth-order valence-corrected chi connectivity index (χ4v) is 2.81. The van der Waals surface area contributed by atoms with Gasteiger partial charge in [-0.2, -0.15) is 0 Å². The van der Waals surface area contributed by atoms with Gasteiger partial charge in [-0.1, -0.05) is 24.8 Å². The molecule has 0 saturated carbocycles. The number of halogens is 1. The predicted octanol–water partition coefficient (Wildman–Crippen LogP) is 3.17. The van der Waals surface area contributed by atoms with Gasteiger partial charge in [-0.25, -0.2) is 4.39 Å². The van der Waals surface area contributed by atoms with Crippen molar-refractivity contribution in [3.8, 4) is 5.75 Å². The molecule has 2 aromatic rings. The van der Waals surface area contributed by atoms with Gasteiger partial charge in [0.05, 0.1) is 13.1 Å². The second-order valence-electron chi connectivity index (χ2n) is 6.39. The lowest BCUT2D eigenvalue weighted by molar-refractivity contribution is -0.139. The van der Waals surface area contributed by atoms with E-state index in [0.717, 1.165) is 5.56 Å². The average molecular weight is 368 g/mol. The maximum atomic E-state index is 13.1. The Balaban J connectivity index is 1.40. The summed E-state index contributed by atoms with van der Waals surface area (Å²) in [7, 11) is 0. The summed E-state index contributed by atoms with van der Waals surface area (Å²) in [4.78, 5) is 25.2. The van der Waals surface area contributed by atoms with Crippen LogP contribution in [0.3, 0.4) is 0 Å². The largest absolute Gasteiger partial charge is 0.487 e. The number of nitrogens with one attached hydrogen (secondary N) is 1. The molecule has 140 valence electrons. The summed E-state index contributed by atoms with van der Waals surface area (Å²) in [6.07, 6.45) is 2.15. The molecule has 2 aromatic carbocycles. The number of aryl methyl sites for hydroxylation is 1. The van der Waals surface area contributed by atoms with Gasteiger partial charge in [0, 0.05) is 18.2 Å². The van der Waals surface area contributed by atoms with Gasteiger partial charge in [-0.15, -0.1) is 0 Å². The lowest BCUT2D eigenvalue weighted by atomic mass is 10.1. The number of carbonyl (C=O) groups is 2. The Morgan fingerprint density at radius 3 is 2.63 bits per heavy atom. The van der Waals surface area contributed by atoms with Crippen molar-refractivity contribution in [1.29, 1.82) is 0 Å². The van der Waals surface area contributed by atoms with Crippen LogP contribution in [0, 0.1) is 5.82 Å². The average Bonchev–Trinajstić information content (AvgIpc) is 2.63. The van der Waals surface area contributed by atoms with Crippen molar-refractivity contribution in [2.24, 2.45) is 0 Å². The number of rotatable bonds is 7. The van der Waals surface area contributed by atoms with E-state index >= 15 is 0 Å². The minimum atomic E-state index is -0.338. The number of likely N-dealkylation sites (tertiary alicyclic amines) is 1. The van der Waals surface area contributed by atoms with Gasteiger partial charge in [0.1, 0.15) is 17.7 Å². The maximum absolute atomic E-state index is 13.1. The lowest BCUT2D eigenvalue weighted by Gasteiger charge is -2.39. The van der Waals surface area contributed by atoms with Gasteiger partial charge < -0.3 is 15.0 Å². The first-order valence-electron chi connectivity index (χ1n) is 8.76. The lowest BCUT2D eigenvalue weighted by Crippen LogP contribution is -2.56. The topological polar surface area (TPSA) is 58.6 Å². The fourth-order valence-electron chi connectivity index (χ4n) is 2.81. The number of nitrogens with zero attached hydrogens (tertiary/aromatic N) is 1. The van der Waals surface area contributed by atoms with E-state index in [1.807, 2.05) is 12.1 Å². The van der Waals surface area contributed by atoms with Gasteiger partial charge in [0.2, 0.25) is 11.8 Å². The monoisotopic (exact) mass is 368 g/mol. The summed E-state index contributed by atoms with van der Waals surface area (Å²) in [6.45, 7) is 4.44. The summed E-state index contributed by atoms with van der Waals surface area (Å²) in [5, 5.41) is 2.68. The Labute approximate surface area is 157 Å².